The second kappa shape index (κ2) is 7.00. The molecule has 1 unspecified atom stereocenters. The van der Waals surface area contributed by atoms with Crippen LogP contribution in [0.15, 0.2) is 27.9 Å². The Bertz CT molecular complexity index is 629. The first-order chi connectivity index (χ1) is 10.9. The van der Waals surface area contributed by atoms with Gasteiger partial charge in [0.2, 0.25) is 0 Å². The molecule has 126 valence electrons. The van der Waals surface area contributed by atoms with Crippen LogP contribution < -0.4 is 0 Å². The van der Waals surface area contributed by atoms with E-state index < -0.39 is 17.7 Å². The van der Waals surface area contributed by atoms with Gasteiger partial charge >= 0.3 is 0 Å². The lowest BCUT2D eigenvalue weighted by Crippen LogP contribution is -2.34. The lowest BCUT2D eigenvalue weighted by atomic mass is 10.00. The van der Waals surface area contributed by atoms with Crippen LogP contribution in [-0.4, -0.2) is 41.0 Å². The molecule has 1 aromatic heterocycles. The largest absolute Gasteiger partial charge is 0.503 e. The van der Waals surface area contributed by atoms with Crippen molar-refractivity contribution in [3.05, 3.63) is 35.0 Å². The van der Waals surface area contributed by atoms with Crippen molar-refractivity contribution in [2.75, 3.05) is 13.2 Å². The zero-order chi connectivity index (χ0) is 17.1. The minimum absolute atomic E-state index is 0.0373. The second-order valence-electron chi connectivity index (χ2n) is 5.81. The van der Waals surface area contributed by atoms with Gasteiger partial charge in [-0.25, -0.2) is 0 Å². The molecule has 1 aromatic rings. The van der Waals surface area contributed by atoms with Crippen molar-refractivity contribution in [3.63, 3.8) is 0 Å². The molecule has 2 heterocycles. The van der Waals surface area contributed by atoms with Gasteiger partial charge in [-0.05, 0) is 32.9 Å². The van der Waals surface area contributed by atoms with Gasteiger partial charge in [0.05, 0.1) is 18.3 Å². The number of ketones is 1. The molecule has 0 aliphatic carbocycles. The molecule has 1 aliphatic rings. The molecule has 1 N–H and O–H groups in total. The summed E-state index contributed by atoms with van der Waals surface area (Å²) in [5, 5.41) is 10.2. The first-order valence-electron chi connectivity index (χ1n) is 7.82. The Morgan fingerprint density at radius 3 is 2.65 bits per heavy atom. The fourth-order valence-corrected chi connectivity index (χ4v) is 2.64. The molecule has 0 radical (unpaired) electrons. The average Bonchev–Trinajstić information content (AvgIpc) is 3.02. The van der Waals surface area contributed by atoms with Crippen LogP contribution in [0, 0.1) is 6.92 Å². The molecule has 1 amide bonds. The van der Waals surface area contributed by atoms with E-state index in [9.17, 15) is 14.7 Å². The maximum Gasteiger partial charge on any atom is 0.290 e. The first kappa shape index (κ1) is 17.3. The van der Waals surface area contributed by atoms with Crippen molar-refractivity contribution < 1.29 is 23.8 Å². The monoisotopic (exact) mass is 321 g/mol. The highest BCUT2D eigenvalue weighted by Gasteiger charge is 2.44. The van der Waals surface area contributed by atoms with Crippen LogP contribution in [0.1, 0.15) is 44.8 Å². The Labute approximate surface area is 135 Å². The summed E-state index contributed by atoms with van der Waals surface area (Å²) >= 11 is 0. The van der Waals surface area contributed by atoms with E-state index >= 15 is 0 Å². The normalized spacial score (nSPS) is 18.4. The van der Waals surface area contributed by atoms with E-state index in [0.29, 0.717) is 18.1 Å². The number of hydrogen-bond donors (Lipinski definition) is 1. The van der Waals surface area contributed by atoms with Crippen LogP contribution in [0.5, 0.6) is 0 Å². The van der Waals surface area contributed by atoms with Crippen LogP contribution in [0.2, 0.25) is 0 Å². The van der Waals surface area contributed by atoms with Crippen molar-refractivity contribution >= 4 is 11.7 Å². The number of hydrogen-bond acceptors (Lipinski definition) is 5. The summed E-state index contributed by atoms with van der Waals surface area (Å²) in [7, 11) is 0. The number of aryl methyl sites for hydroxylation is 1. The molecule has 0 bridgehead atoms. The fourth-order valence-electron chi connectivity index (χ4n) is 2.64. The summed E-state index contributed by atoms with van der Waals surface area (Å²) in [6.07, 6.45) is 0.245. The van der Waals surface area contributed by atoms with Crippen molar-refractivity contribution in [1.82, 2.24) is 4.90 Å². The van der Waals surface area contributed by atoms with Gasteiger partial charge < -0.3 is 19.2 Å². The van der Waals surface area contributed by atoms with E-state index in [1.165, 1.54) is 4.90 Å². The summed E-state index contributed by atoms with van der Waals surface area (Å²) in [4.78, 5) is 26.0. The number of aliphatic hydroxyl groups excluding tert-OH is 1. The van der Waals surface area contributed by atoms with Crippen LogP contribution in [0.4, 0.5) is 0 Å². The molecule has 6 heteroatoms. The van der Waals surface area contributed by atoms with Gasteiger partial charge in [-0.1, -0.05) is 6.92 Å². The number of ether oxygens (including phenoxy) is 1. The number of aliphatic hydroxyl groups is 1. The maximum atomic E-state index is 12.4. The summed E-state index contributed by atoms with van der Waals surface area (Å²) in [5.41, 5.74) is 0.108. The quantitative estimate of drug-likeness (QED) is 0.835. The standard InChI is InChI=1S/C17H23NO5/c1-5-12(19)14-15(13-7-6-11(4)23-13)18(17(21)16(14)20)8-9-22-10(2)3/h6-7,10,15,20H,5,8-9H2,1-4H3. The highest BCUT2D eigenvalue weighted by molar-refractivity contribution is 6.08. The zero-order valence-electron chi connectivity index (χ0n) is 14.0. The Hall–Kier alpha value is -2.08. The molecule has 2 rings (SSSR count). The molecular formula is C17H23NO5. The van der Waals surface area contributed by atoms with E-state index in [2.05, 4.69) is 0 Å². The summed E-state index contributed by atoms with van der Waals surface area (Å²) in [5.74, 6) is -0.155. The van der Waals surface area contributed by atoms with Crippen LogP contribution >= 0.6 is 0 Å². The number of Topliss-reactive ketones (excluding diaryl/α,β-unsaturated/α-hetero) is 1. The maximum absolute atomic E-state index is 12.4. The molecule has 0 spiro atoms. The summed E-state index contributed by atoms with van der Waals surface area (Å²) in [6.45, 7) is 7.88. The summed E-state index contributed by atoms with van der Waals surface area (Å²) in [6, 6.07) is 2.80. The Balaban J connectivity index is 2.34. The average molecular weight is 321 g/mol. The topological polar surface area (TPSA) is 80.0 Å². The Morgan fingerprint density at radius 2 is 2.13 bits per heavy atom. The number of rotatable bonds is 7. The van der Waals surface area contributed by atoms with E-state index in [4.69, 9.17) is 9.15 Å². The highest BCUT2D eigenvalue weighted by atomic mass is 16.5. The number of carbonyl (C=O) groups excluding carboxylic acids is 2. The van der Waals surface area contributed by atoms with Crippen molar-refractivity contribution in [2.24, 2.45) is 0 Å². The second-order valence-corrected chi connectivity index (χ2v) is 5.81. The van der Waals surface area contributed by atoms with Gasteiger partial charge in [0, 0.05) is 13.0 Å². The predicted molar refractivity (Wildman–Crippen MR) is 83.9 cm³/mol. The van der Waals surface area contributed by atoms with Crippen molar-refractivity contribution in [3.8, 4) is 0 Å². The number of furan rings is 1. The van der Waals surface area contributed by atoms with E-state index in [-0.39, 0.29) is 30.4 Å². The Kier molecular flexibility index (Phi) is 5.26. The lowest BCUT2D eigenvalue weighted by Gasteiger charge is -2.25. The van der Waals surface area contributed by atoms with Crippen LogP contribution in [0.3, 0.4) is 0 Å². The molecule has 1 atom stereocenters. The van der Waals surface area contributed by atoms with E-state index in [1.807, 2.05) is 13.8 Å². The smallest absolute Gasteiger partial charge is 0.290 e. The minimum Gasteiger partial charge on any atom is -0.503 e. The van der Waals surface area contributed by atoms with Gasteiger partial charge in [-0.3, -0.25) is 9.59 Å². The van der Waals surface area contributed by atoms with Crippen LogP contribution in [0.25, 0.3) is 0 Å². The van der Waals surface area contributed by atoms with Crippen molar-refractivity contribution in [1.29, 1.82) is 0 Å². The van der Waals surface area contributed by atoms with Gasteiger partial charge in [0.15, 0.2) is 11.5 Å². The SMILES string of the molecule is CCC(=O)C1=C(O)C(=O)N(CCOC(C)C)C1c1ccc(C)o1. The van der Waals surface area contributed by atoms with E-state index in [1.54, 1.807) is 26.0 Å². The molecule has 6 nitrogen and oxygen atoms in total. The highest BCUT2D eigenvalue weighted by Crippen LogP contribution is 2.38. The minimum atomic E-state index is -0.695. The molecule has 0 saturated heterocycles. The van der Waals surface area contributed by atoms with Crippen molar-refractivity contribution in [2.45, 2.75) is 46.3 Å². The van der Waals surface area contributed by atoms with E-state index in [0.717, 1.165) is 0 Å². The number of carbonyl (C=O) groups is 2. The molecule has 0 saturated carbocycles. The van der Waals surface area contributed by atoms with Crippen LogP contribution in [-0.2, 0) is 14.3 Å². The third-order valence-corrected chi connectivity index (χ3v) is 3.74. The number of nitrogens with zero attached hydrogens (tertiary/aromatic N) is 1. The molecule has 0 fully saturated rings. The summed E-state index contributed by atoms with van der Waals surface area (Å²) < 4.78 is 11.1. The third-order valence-electron chi connectivity index (χ3n) is 3.74. The van der Waals surface area contributed by atoms with Gasteiger partial charge in [0.25, 0.3) is 5.91 Å². The van der Waals surface area contributed by atoms with Gasteiger partial charge in [-0.15, -0.1) is 0 Å². The predicted octanol–water partition coefficient (Wildman–Crippen LogP) is 2.69. The fraction of sp³-hybridized carbons (Fsp3) is 0.529. The van der Waals surface area contributed by atoms with Gasteiger partial charge in [-0.2, -0.15) is 0 Å². The van der Waals surface area contributed by atoms with Gasteiger partial charge in [0.1, 0.15) is 17.6 Å². The molecule has 1 aliphatic heterocycles. The zero-order valence-corrected chi connectivity index (χ0v) is 14.0. The lowest BCUT2D eigenvalue weighted by molar-refractivity contribution is -0.130. The molecule has 0 aromatic carbocycles. The molecule has 23 heavy (non-hydrogen) atoms. The Morgan fingerprint density at radius 1 is 1.43 bits per heavy atom. The number of amides is 1. The third kappa shape index (κ3) is 3.47. The first-order valence-corrected chi connectivity index (χ1v) is 7.82. The molecular weight excluding hydrogens is 298 g/mol.